The van der Waals surface area contributed by atoms with Gasteiger partial charge in [-0.2, -0.15) is 0 Å². The van der Waals surface area contributed by atoms with Gasteiger partial charge in [-0.25, -0.2) is 0 Å². The van der Waals surface area contributed by atoms with Gasteiger partial charge in [-0.15, -0.1) is 0 Å². The summed E-state index contributed by atoms with van der Waals surface area (Å²) in [5.41, 5.74) is 0.778. The van der Waals surface area contributed by atoms with E-state index < -0.39 is 4.92 Å². The molecule has 100 valence electrons. The zero-order valence-corrected chi connectivity index (χ0v) is 10.8. The first-order valence-electron chi connectivity index (χ1n) is 5.40. The van der Waals surface area contributed by atoms with Crippen LogP contribution in [-0.4, -0.2) is 12.0 Å². The van der Waals surface area contributed by atoms with E-state index in [2.05, 4.69) is 5.32 Å². The normalized spacial score (nSPS) is 10.2. The van der Waals surface area contributed by atoms with Crippen LogP contribution in [0.15, 0.2) is 34.7 Å². The van der Waals surface area contributed by atoms with Gasteiger partial charge in [-0.05, 0) is 18.2 Å². The third kappa shape index (κ3) is 3.17. The van der Waals surface area contributed by atoms with Crippen molar-refractivity contribution in [2.45, 2.75) is 6.54 Å². The first-order chi connectivity index (χ1) is 9.10. The molecule has 0 radical (unpaired) electrons. The summed E-state index contributed by atoms with van der Waals surface area (Å²) in [7, 11) is 1.53. The van der Waals surface area contributed by atoms with Crippen molar-refractivity contribution in [1.29, 1.82) is 0 Å². The molecule has 0 aliphatic heterocycles. The molecule has 1 aromatic carbocycles. The van der Waals surface area contributed by atoms with E-state index in [-0.39, 0.29) is 5.88 Å². The molecule has 2 aromatic rings. The quantitative estimate of drug-likeness (QED) is 0.671. The summed E-state index contributed by atoms with van der Waals surface area (Å²) in [6.07, 6.45) is 0. The van der Waals surface area contributed by atoms with Gasteiger partial charge in [0.1, 0.15) is 16.4 Å². The number of anilines is 1. The molecule has 0 atom stereocenters. The van der Waals surface area contributed by atoms with Crippen molar-refractivity contribution in [1.82, 2.24) is 0 Å². The van der Waals surface area contributed by atoms with Crippen molar-refractivity contribution in [2.24, 2.45) is 0 Å². The highest BCUT2D eigenvalue weighted by atomic mass is 35.5. The second-order valence-electron chi connectivity index (χ2n) is 3.70. The SMILES string of the molecule is COc1cc(NCc2ccc([N+](=O)[O-])o2)ccc1Cl. The molecule has 6 nitrogen and oxygen atoms in total. The monoisotopic (exact) mass is 282 g/mol. The lowest BCUT2D eigenvalue weighted by molar-refractivity contribution is -0.402. The van der Waals surface area contributed by atoms with Gasteiger partial charge in [0.25, 0.3) is 0 Å². The average Bonchev–Trinajstić information content (AvgIpc) is 2.87. The van der Waals surface area contributed by atoms with Gasteiger partial charge in [-0.3, -0.25) is 10.1 Å². The van der Waals surface area contributed by atoms with Crippen LogP contribution in [0.25, 0.3) is 0 Å². The van der Waals surface area contributed by atoms with Crippen molar-refractivity contribution in [2.75, 3.05) is 12.4 Å². The smallest absolute Gasteiger partial charge is 0.433 e. The summed E-state index contributed by atoms with van der Waals surface area (Å²) >= 11 is 5.91. The van der Waals surface area contributed by atoms with E-state index >= 15 is 0 Å². The molecular weight excluding hydrogens is 272 g/mol. The van der Waals surface area contributed by atoms with E-state index in [1.54, 1.807) is 24.3 Å². The number of nitrogens with one attached hydrogen (secondary N) is 1. The molecule has 0 saturated heterocycles. The van der Waals surface area contributed by atoms with Crippen LogP contribution in [-0.2, 0) is 6.54 Å². The Morgan fingerprint density at radius 1 is 1.42 bits per heavy atom. The number of ether oxygens (including phenoxy) is 1. The summed E-state index contributed by atoms with van der Waals surface area (Å²) in [5, 5.41) is 14.0. The fourth-order valence-corrected chi connectivity index (χ4v) is 1.71. The van der Waals surface area contributed by atoms with Crippen molar-refractivity contribution in [3.63, 3.8) is 0 Å². The van der Waals surface area contributed by atoms with Crippen molar-refractivity contribution < 1.29 is 14.1 Å². The number of halogens is 1. The Morgan fingerprint density at radius 3 is 2.84 bits per heavy atom. The minimum atomic E-state index is -0.575. The summed E-state index contributed by atoms with van der Waals surface area (Å²) < 4.78 is 10.1. The molecule has 0 aliphatic carbocycles. The highest BCUT2D eigenvalue weighted by Crippen LogP contribution is 2.27. The number of furan rings is 1. The largest absolute Gasteiger partial charge is 0.495 e. The maximum atomic E-state index is 10.5. The molecule has 2 rings (SSSR count). The van der Waals surface area contributed by atoms with E-state index in [0.29, 0.717) is 23.1 Å². The van der Waals surface area contributed by atoms with Gasteiger partial charge in [0, 0.05) is 11.8 Å². The van der Waals surface area contributed by atoms with Gasteiger partial charge >= 0.3 is 5.88 Å². The molecule has 0 unspecified atom stereocenters. The number of hydrogen-bond acceptors (Lipinski definition) is 5. The van der Waals surface area contributed by atoms with Crippen molar-refractivity contribution in [3.05, 3.63) is 51.2 Å². The van der Waals surface area contributed by atoms with Crippen molar-refractivity contribution >= 4 is 23.2 Å². The summed E-state index contributed by atoms with van der Waals surface area (Å²) in [6.45, 7) is 0.332. The number of nitrogens with zero attached hydrogens (tertiary/aromatic N) is 1. The average molecular weight is 283 g/mol. The minimum absolute atomic E-state index is 0.273. The Labute approximate surface area is 114 Å². The predicted molar refractivity (Wildman–Crippen MR) is 70.7 cm³/mol. The lowest BCUT2D eigenvalue weighted by Gasteiger charge is -2.07. The molecule has 7 heteroatoms. The maximum Gasteiger partial charge on any atom is 0.433 e. The lowest BCUT2D eigenvalue weighted by Crippen LogP contribution is -1.98. The second kappa shape index (κ2) is 5.62. The lowest BCUT2D eigenvalue weighted by atomic mass is 10.3. The van der Waals surface area contributed by atoms with E-state index in [1.807, 2.05) is 0 Å². The van der Waals surface area contributed by atoms with E-state index in [9.17, 15) is 10.1 Å². The van der Waals surface area contributed by atoms with Crippen molar-refractivity contribution in [3.8, 4) is 5.75 Å². The van der Waals surface area contributed by atoms with Gasteiger partial charge in [-0.1, -0.05) is 11.6 Å². The first-order valence-corrected chi connectivity index (χ1v) is 5.78. The number of nitro groups is 1. The molecule has 0 spiro atoms. The minimum Gasteiger partial charge on any atom is -0.495 e. The van der Waals surface area contributed by atoms with Crippen LogP contribution in [0.3, 0.4) is 0 Å². The second-order valence-corrected chi connectivity index (χ2v) is 4.11. The molecule has 19 heavy (non-hydrogen) atoms. The molecule has 1 heterocycles. The van der Waals surface area contributed by atoms with Crippen LogP contribution in [0, 0.1) is 10.1 Å². The number of hydrogen-bond donors (Lipinski definition) is 1. The van der Waals surface area contributed by atoms with Crippen LogP contribution >= 0.6 is 11.6 Å². The fourth-order valence-electron chi connectivity index (χ4n) is 1.52. The molecule has 0 amide bonds. The zero-order valence-electron chi connectivity index (χ0n) is 10.1. The molecule has 0 bridgehead atoms. The third-order valence-corrected chi connectivity index (χ3v) is 2.76. The fraction of sp³-hybridized carbons (Fsp3) is 0.167. The van der Waals surface area contributed by atoms with Crippen LogP contribution < -0.4 is 10.1 Å². The molecule has 0 fully saturated rings. The summed E-state index contributed by atoms with van der Waals surface area (Å²) in [4.78, 5) is 9.90. The molecule has 1 N–H and O–H groups in total. The Bertz CT molecular complexity index is 597. The third-order valence-electron chi connectivity index (χ3n) is 2.45. The van der Waals surface area contributed by atoms with E-state index in [1.165, 1.54) is 13.2 Å². The number of rotatable bonds is 5. The van der Waals surface area contributed by atoms with Gasteiger partial charge in [0.05, 0.1) is 24.7 Å². The first kappa shape index (κ1) is 13.2. The predicted octanol–water partition coefficient (Wildman–Crippen LogP) is 3.46. The topological polar surface area (TPSA) is 77.5 Å². The number of benzene rings is 1. The van der Waals surface area contributed by atoms with Gasteiger partial charge < -0.3 is 14.5 Å². The summed E-state index contributed by atoms with van der Waals surface area (Å²) in [5.74, 6) is 0.753. The van der Waals surface area contributed by atoms with Crippen LogP contribution in [0.1, 0.15) is 5.76 Å². The van der Waals surface area contributed by atoms with Gasteiger partial charge in [0.2, 0.25) is 0 Å². The van der Waals surface area contributed by atoms with E-state index in [0.717, 1.165) is 5.69 Å². The van der Waals surface area contributed by atoms with E-state index in [4.69, 9.17) is 20.8 Å². The maximum absolute atomic E-state index is 10.5. The Balaban J connectivity index is 2.03. The molecule has 0 aliphatic rings. The van der Waals surface area contributed by atoms with Crippen LogP contribution in [0.4, 0.5) is 11.6 Å². The summed E-state index contributed by atoms with van der Waals surface area (Å²) in [6, 6.07) is 8.09. The highest BCUT2D eigenvalue weighted by Gasteiger charge is 2.11. The number of methoxy groups -OCH3 is 1. The van der Waals surface area contributed by atoms with Crippen LogP contribution in [0.5, 0.6) is 5.75 Å². The Hall–Kier alpha value is -2.21. The Kier molecular flexibility index (Phi) is 3.91. The van der Waals surface area contributed by atoms with Crippen LogP contribution in [0.2, 0.25) is 5.02 Å². The molecule has 0 saturated carbocycles. The molecule has 1 aromatic heterocycles. The van der Waals surface area contributed by atoms with Gasteiger partial charge in [0.15, 0.2) is 0 Å². The molecular formula is C12H11ClN2O4. The standard InChI is InChI=1S/C12H11ClN2O4/c1-18-11-6-8(2-4-10(11)13)14-7-9-3-5-12(19-9)15(16)17/h2-6,14H,7H2,1H3. The zero-order chi connectivity index (χ0) is 13.8. The Morgan fingerprint density at radius 2 is 2.21 bits per heavy atom. The highest BCUT2D eigenvalue weighted by molar-refractivity contribution is 6.32.